The molecule has 0 aliphatic carbocycles. The summed E-state index contributed by atoms with van der Waals surface area (Å²) < 4.78 is 1.57. The highest BCUT2D eigenvalue weighted by Crippen LogP contribution is 2.36. The molecule has 5 heteroatoms. The van der Waals surface area contributed by atoms with Crippen LogP contribution in [0.5, 0.6) is 0 Å². The van der Waals surface area contributed by atoms with E-state index < -0.39 is 11.2 Å². The van der Waals surface area contributed by atoms with E-state index in [9.17, 15) is 10.2 Å². The molecule has 0 radical (unpaired) electrons. The smallest absolute Gasteiger partial charge is 0.175 e. The zero-order valence-electron chi connectivity index (χ0n) is 19.7. The number of hydrogen-bond donors (Lipinski definition) is 2. The normalized spacial score (nSPS) is 12.2. The fourth-order valence-corrected chi connectivity index (χ4v) is 4.56. The highest BCUT2D eigenvalue weighted by atomic mass is 16.3. The average Bonchev–Trinajstić information content (AvgIpc) is 3.43. The quantitative estimate of drug-likeness (QED) is 0.318. The van der Waals surface area contributed by atoms with Crippen molar-refractivity contribution in [3.8, 4) is 0 Å². The minimum atomic E-state index is -1.52. The molecule has 2 N–H and O–H groups in total. The predicted octanol–water partition coefficient (Wildman–Crippen LogP) is 5.36. The van der Waals surface area contributed by atoms with Crippen molar-refractivity contribution >= 4 is 6.20 Å². The third-order valence-corrected chi connectivity index (χ3v) is 6.44. The second-order valence-electron chi connectivity index (χ2n) is 8.65. The highest BCUT2D eigenvalue weighted by Gasteiger charge is 2.38. The van der Waals surface area contributed by atoms with Crippen molar-refractivity contribution < 1.29 is 10.2 Å². The van der Waals surface area contributed by atoms with Crippen molar-refractivity contribution in [1.82, 2.24) is 14.8 Å². The summed E-state index contributed by atoms with van der Waals surface area (Å²) in [6.07, 6.45) is 5.33. The summed E-state index contributed by atoms with van der Waals surface area (Å²) in [5.74, 6) is 0.360. The Hall–Kier alpha value is -4.32. The minimum Gasteiger partial charge on any atom is -0.380 e. The summed E-state index contributed by atoms with van der Waals surface area (Å²) >= 11 is 0. The Morgan fingerprint density at radius 1 is 0.611 bits per heavy atom. The lowest BCUT2D eigenvalue weighted by molar-refractivity contribution is 0.0842. The molecule has 1 heterocycles. The summed E-state index contributed by atoms with van der Waals surface area (Å²) in [7, 11) is 0. The van der Waals surface area contributed by atoms with E-state index in [-0.39, 0.29) is 0 Å². The molecule has 0 fully saturated rings. The second kappa shape index (κ2) is 10.1. The monoisotopic (exact) mass is 473 g/mol. The number of aromatic nitrogens is 3. The van der Waals surface area contributed by atoms with Gasteiger partial charge in [0.25, 0.3) is 0 Å². The van der Waals surface area contributed by atoms with Crippen molar-refractivity contribution in [3.63, 3.8) is 0 Å². The zero-order chi connectivity index (χ0) is 24.8. The van der Waals surface area contributed by atoms with E-state index in [1.165, 1.54) is 6.33 Å². The topological polar surface area (TPSA) is 71.2 Å². The third-order valence-electron chi connectivity index (χ3n) is 6.44. The molecule has 5 rings (SSSR count). The molecule has 0 aliphatic heterocycles. The predicted molar refractivity (Wildman–Crippen MR) is 141 cm³/mol. The van der Waals surface area contributed by atoms with Crippen molar-refractivity contribution in [3.05, 3.63) is 162 Å². The van der Waals surface area contributed by atoms with Gasteiger partial charge in [0, 0.05) is 12.6 Å². The van der Waals surface area contributed by atoms with E-state index in [2.05, 4.69) is 10.1 Å². The van der Waals surface area contributed by atoms with Crippen LogP contribution in [-0.2, 0) is 11.2 Å². The van der Waals surface area contributed by atoms with Crippen molar-refractivity contribution in [2.45, 2.75) is 17.6 Å². The van der Waals surface area contributed by atoms with Crippen molar-refractivity contribution in [1.29, 1.82) is 0 Å². The summed E-state index contributed by atoms with van der Waals surface area (Å²) in [4.78, 5) is 4.46. The Balaban J connectivity index is 1.53. The first-order valence-corrected chi connectivity index (χ1v) is 11.9. The molecule has 0 saturated carbocycles. The Morgan fingerprint density at radius 2 is 1.03 bits per heavy atom. The maximum Gasteiger partial charge on any atom is 0.175 e. The molecule has 4 aromatic carbocycles. The first-order valence-electron chi connectivity index (χ1n) is 11.9. The van der Waals surface area contributed by atoms with Gasteiger partial charge in [0.15, 0.2) is 11.4 Å². The van der Waals surface area contributed by atoms with E-state index in [4.69, 9.17) is 0 Å². The molecular formula is C31H27N3O2. The molecule has 0 unspecified atom stereocenters. The lowest BCUT2D eigenvalue weighted by Gasteiger charge is -2.29. The van der Waals surface area contributed by atoms with Crippen LogP contribution in [0.25, 0.3) is 6.20 Å². The van der Waals surface area contributed by atoms with Gasteiger partial charge in [-0.2, -0.15) is 5.10 Å². The summed E-state index contributed by atoms with van der Waals surface area (Å²) in [6.45, 7) is 0. The first kappa shape index (κ1) is 23.4. The van der Waals surface area contributed by atoms with Gasteiger partial charge < -0.3 is 10.2 Å². The number of nitrogens with zero attached hydrogens (tertiary/aromatic N) is 3. The highest BCUT2D eigenvalue weighted by molar-refractivity contribution is 5.45. The summed E-state index contributed by atoms with van der Waals surface area (Å²) in [5.41, 5.74) is 0.218. The standard InChI is InChI=1S/C31H27N3O2/c35-30(25-14-5-1-6-15-25,26-16-7-2-8-17-26)22-13-23-34-29(32-24-33-34)31(36,27-18-9-3-10-19-27)28-20-11-4-12-21-28/h1-21,23-24,35-36H,22H2/b23-13-. The molecule has 178 valence electrons. The second-order valence-corrected chi connectivity index (χ2v) is 8.65. The maximum atomic E-state index is 12.1. The van der Waals surface area contributed by atoms with Gasteiger partial charge >= 0.3 is 0 Å². The van der Waals surface area contributed by atoms with E-state index in [1.54, 1.807) is 10.9 Å². The van der Waals surface area contributed by atoms with Crippen LogP contribution in [0.15, 0.2) is 134 Å². The van der Waals surface area contributed by atoms with Crippen LogP contribution in [0.2, 0.25) is 0 Å². The third kappa shape index (κ3) is 4.38. The fourth-order valence-electron chi connectivity index (χ4n) is 4.56. The molecule has 5 aromatic rings. The molecule has 0 saturated heterocycles. The lowest BCUT2D eigenvalue weighted by atomic mass is 9.83. The summed E-state index contributed by atoms with van der Waals surface area (Å²) in [5, 5.41) is 28.3. The van der Waals surface area contributed by atoms with E-state index in [0.717, 1.165) is 11.1 Å². The van der Waals surface area contributed by atoms with Crippen LogP contribution >= 0.6 is 0 Å². The zero-order valence-corrected chi connectivity index (χ0v) is 19.7. The largest absolute Gasteiger partial charge is 0.380 e. The molecule has 0 atom stereocenters. The van der Waals surface area contributed by atoms with Gasteiger partial charge in [-0.25, -0.2) is 9.67 Å². The van der Waals surface area contributed by atoms with Gasteiger partial charge in [-0.15, -0.1) is 0 Å². The van der Waals surface area contributed by atoms with Gasteiger partial charge in [0.05, 0.1) is 0 Å². The van der Waals surface area contributed by atoms with Crippen molar-refractivity contribution in [2.75, 3.05) is 0 Å². The molecule has 0 spiro atoms. The van der Waals surface area contributed by atoms with Crippen LogP contribution < -0.4 is 0 Å². The van der Waals surface area contributed by atoms with Crippen LogP contribution in [-0.4, -0.2) is 25.0 Å². The van der Waals surface area contributed by atoms with Crippen LogP contribution in [0.3, 0.4) is 0 Å². The van der Waals surface area contributed by atoms with E-state index in [0.29, 0.717) is 23.4 Å². The van der Waals surface area contributed by atoms with Crippen LogP contribution in [0, 0.1) is 0 Å². The molecular weight excluding hydrogens is 446 g/mol. The molecule has 0 bridgehead atoms. The SMILES string of the molecule is OC(C/C=C\n1ncnc1C(O)(c1ccccc1)c1ccccc1)(c1ccccc1)c1ccccc1. The molecule has 36 heavy (non-hydrogen) atoms. The van der Waals surface area contributed by atoms with Gasteiger partial charge in [-0.1, -0.05) is 127 Å². The van der Waals surface area contributed by atoms with Gasteiger partial charge in [-0.05, 0) is 22.3 Å². The van der Waals surface area contributed by atoms with Crippen LogP contribution in [0.1, 0.15) is 34.5 Å². The lowest BCUT2D eigenvalue weighted by Crippen LogP contribution is -2.32. The molecule has 0 aliphatic rings. The Kier molecular flexibility index (Phi) is 6.58. The number of rotatable bonds is 8. The summed E-state index contributed by atoms with van der Waals surface area (Å²) in [6, 6.07) is 38.1. The average molecular weight is 474 g/mol. The number of aliphatic hydroxyl groups is 2. The molecule has 5 nitrogen and oxygen atoms in total. The Bertz CT molecular complexity index is 1340. The Morgan fingerprint density at radius 3 is 1.47 bits per heavy atom. The minimum absolute atomic E-state index is 0.301. The van der Waals surface area contributed by atoms with E-state index in [1.807, 2.05) is 127 Å². The van der Waals surface area contributed by atoms with Gasteiger partial charge in [0.2, 0.25) is 0 Å². The van der Waals surface area contributed by atoms with Crippen LogP contribution in [0.4, 0.5) is 0 Å². The molecule has 1 aromatic heterocycles. The fraction of sp³-hybridized carbons (Fsp3) is 0.0968. The van der Waals surface area contributed by atoms with Gasteiger partial charge in [-0.3, -0.25) is 0 Å². The Labute approximate surface area is 210 Å². The molecule has 0 amide bonds. The van der Waals surface area contributed by atoms with Crippen molar-refractivity contribution in [2.24, 2.45) is 0 Å². The van der Waals surface area contributed by atoms with E-state index >= 15 is 0 Å². The first-order chi connectivity index (χ1) is 17.6. The van der Waals surface area contributed by atoms with Gasteiger partial charge in [0.1, 0.15) is 11.9 Å². The number of benzene rings is 4. The number of hydrogen-bond acceptors (Lipinski definition) is 4. The maximum absolute atomic E-state index is 12.1.